The van der Waals surface area contributed by atoms with Crippen molar-refractivity contribution in [1.82, 2.24) is 68.3 Å². The number of imidazole rings is 4. The molecule has 112 heavy (non-hydrogen) atoms. The van der Waals surface area contributed by atoms with E-state index in [9.17, 15) is 73.2 Å². The van der Waals surface area contributed by atoms with Gasteiger partial charge in [0.1, 0.15) is 11.5 Å². The number of pyridine rings is 2. The van der Waals surface area contributed by atoms with Gasteiger partial charge in [-0.2, -0.15) is 39.5 Å². The molecule has 0 spiro atoms. The summed E-state index contributed by atoms with van der Waals surface area (Å²) in [5, 5.41) is 18.8. The van der Waals surface area contributed by atoms with Gasteiger partial charge in [0.05, 0.1) is 102 Å². The van der Waals surface area contributed by atoms with E-state index in [1.54, 1.807) is 130 Å². The average Bonchev–Trinajstić information content (AvgIpc) is 1.38. The molecule has 8 aromatic heterocycles. The van der Waals surface area contributed by atoms with Gasteiger partial charge < -0.3 is 39.5 Å². The summed E-state index contributed by atoms with van der Waals surface area (Å²) >= 11 is 0. The normalized spacial score (nSPS) is 12.7. The van der Waals surface area contributed by atoms with Crippen molar-refractivity contribution in [3.8, 4) is 45.0 Å². The van der Waals surface area contributed by atoms with Gasteiger partial charge >= 0.3 is 18.5 Å². The van der Waals surface area contributed by atoms with Crippen molar-refractivity contribution >= 4 is 79.7 Å². The molecule has 8 heterocycles. The van der Waals surface area contributed by atoms with Crippen LogP contribution < -0.4 is 21.3 Å². The third kappa shape index (κ3) is 21.2. The zero-order chi connectivity index (χ0) is 81.3. The summed E-state index contributed by atoms with van der Waals surface area (Å²) in [7, 11) is -6.40. The van der Waals surface area contributed by atoms with Gasteiger partial charge in [0, 0.05) is 124 Å². The van der Waals surface area contributed by atoms with Crippen LogP contribution in [0.2, 0.25) is 0 Å². The molecule has 4 aromatic carbocycles. The Hall–Kier alpha value is -11.5. The van der Waals surface area contributed by atoms with Gasteiger partial charge in [-0.1, -0.05) is 39.8 Å². The SMILES string of the molecule is CCS(=O)(=O)c1ccc(NCc2ccc(C(F)(F)F)nc2)c(-c2cn(C)cn2)c1.CCS(=O)(=O)c1ccc(Nc2ccc(C(F)(F)F)nn2)c(-c2cn(C)cn2)c1.CCS(=O)(=O)c1ccc(Nc2ccc(C3CC3)cn2)c(-c2cn(C)cn2)c1.CCS(=O)(=O)c1ccc(Nc2ncc(C(F)(F)F)cn2)c(-c2cn(C)cn2)c1. The fraction of sp³-hybridized carbons (Fsp3) is 0.260. The molecule has 1 fully saturated rings. The van der Waals surface area contributed by atoms with E-state index < -0.39 is 74.8 Å². The Morgan fingerprint density at radius 2 is 0.759 bits per heavy atom. The number of rotatable bonds is 22. The Bertz CT molecular complexity index is 5610. The first-order chi connectivity index (χ1) is 52.8. The van der Waals surface area contributed by atoms with Gasteiger partial charge in [-0.25, -0.2) is 68.6 Å². The van der Waals surface area contributed by atoms with E-state index in [1.165, 1.54) is 73.9 Å². The molecular formula is C73H73F9N18O8S4. The Balaban J connectivity index is 0.000000158. The molecule has 0 unspecified atom stereocenters. The third-order valence-electron chi connectivity index (χ3n) is 17.0. The quantitative estimate of drug-likeness (QED) is 0.0458. The number of hydrogen-bond acceptors (Lipinski definition) is 22. The van der Waals surface area contributed by atoms with E-state index in [2.05, 4.69) is 77.4 Å². The number of aryl methyl sites for hydroxylation is 4. The first-order valence-corrected chi connectivity index (χ1v) is 40.6. The van der Waals surface area contributed by atoms with Gasteiger partial charge in [-0.3, -0.25) is 4.98 Å². The van der Waals surface area contributed by atoms with Gasteiger partial charge in [0.2, 0.25) is 5.95 Å². The molecule has 26 nitrogen and oxygen atoms in total. The van der Waals surface area contributed by atoms with Crippen LogP contribution in [0.15, 0.2) is 204 Å². The molecule has 0 aliphatic heterocycles. The predicted molar refractivity (Wildman–Crippen MR) is 402 cm³/mol. The predicted octanol–water partition coefficient (Wildman–Crippen LogP) is 14.7. The summed E-state index contributed by atoms with van der Waals surface area (Å²) in [6, 6.07) is 26.9. The third-order valence-corrected chi connectivity index (χ3v) is 23.9. The molecule has 1 aliphatic carbocycles. The molecule has 0 atom stereocenters. The monoisotopic (exact) mass is 1630 g/mol. The van der Waals surface area contributed by atoms with Crippen molar-refractivity contribution in [1.29, 1.82) is 0 Å². The number of halogens is 9. The summed E-state index contributed by atoms with van der Waals surface area (Å²) in [6.45, 7) is 6.51. The number of aromatic nitrogens is 14. The molecule has 1 aliphatic rings. The van der Waals surface area contributed by atoms with E-state index in [0.29, 0.717) is 85.3 Å². The molecule has 0 saturated heterocycles. The number of nitrogens with zero attached hydrogens (tertiary/aromatic N) is 14. The van der Waals surface area contributed by atoms with E-state index in [-0.39, 0.29) is 56.0 Å². The smallest absolute Gasteiger partial charge is 0.380 e. The molecule has 590 valence electrons. The Kier molecular flexibility index (Phi) is 25.2. The minimum absolute atomic E-state index is 0.0291. The molecular weight excluding hydrogens is 1560 g/mol. The highest BCUT2D eigenvalue weighted by molar-refractivity contribution is 7.92. The van der Waals surface area contributed by atoms with Gasteiger partial charge in [-0.15, -0.1) is 10.2 Å². The minimum atomic E-state index is -4.58. The first kappa shape index (κ1) is 83.0. The molecule has 39 heteroatoms. The number of benzene rings is 4. The highest BCUT2D eigenvalue weighted by Crippen LogP contribution is 2.41. The topological polar surface area (TPSA) is 333 Å². The van der Waals surface area contributed by atoms with Crippen LogP contribution in [0.25, 0.3) is 45.0 Å². The molecule has 13 rings (SSSR count). The van der Waals surface area contributed by atoms with Crippen LogP contribution in [0.5, 0.6) is 0 Å². The van der Waals surface area contributed by atoms with E-state index in [1.807, 2.05) is 30.1 Å². The first-order valence-electron chi connectivity index (χ1n) is 34.0. The fourth-order valence-corrected chi connectivity index (χ4v) is 14.2. The summed E-state index contributed by atoms with van der Waals surface area (Å²) in [5.41, 5.74) is 5.55. The van der Waals surface area contributed by atoms with Crippen LogP contribution >= 0.6 is 0 Å². The molecule has 0 amide bonds. The maximum absolute atomic E-state index is 12.7. The molecule has 0 bridgehead atoms. The summed E-state index contributed by atoms with van der Waals surface area (Å²) < 4.78 is 219. The number of anilines is 7. The van der Waals surface area contributed by atoms with Gasteiger partial charge in [-0.05, 0) is 127 Å². The van der Waals surface area contributed by atoms with Crippen molar-refractivity contribution in [2.75, 3.05) is 44.3 Å². The van der Waals surface area contributed by atoms with Crippen molar-refractivity contribution in [3.05, 3.63) is 212 Å². The lowest BCUT2D eigenvalue weighted by Crippen LogP contribution is -2.10. The fourth-order valence-electron chi connectivity index (χ4n) is 10.6. The highest BCUT2D eigenvalue weighted by atomic mass is 32.2. The van der Waals surface area contributed by atoms with Crippen LogP contribution in [0, 0.1) is 0 Å². The van der Waals surface area contributed by atoms with Crippen molar-refractivity contribution in [2.45, 2.75) is 91.1 Å². The average molecular weight is 1630 g/mol. The van der Waals surface area contributed by atoms with Crippen LogP contribution in [-0.4, -0.2) is 125 Å². The maximum Gasteiger partial charge on any atom is 0.435 e. The zero-order valence-corrected chi connectivity index (χ0v) is 64.2. The van der Waals surface area contributed by atoms with E-state index in [0.717, 1.165) is 41.5 Å². The zero-order valence-electron chi connectivity index (χ0n) is 60.9. The number of hydrogen-bond donors (Lipinski definition) is 4. The minimum Gasteiger partial charge on any atom is -0.380 e. The second-order valence-corrected chi connectivity index (χ2v) is 34.4. The lowest BCUT2D eigenvalue weighted by molar-refractivity contribution is -0.142. The van der Waals surface area contributed by atoms with Crippen LogP contribution in [0.1, 0.15) is 74.5 Å². The summed E-state index contributed by atoms with van der Waals surface area (Å²) in [4.78, 5) is 33.2. The van der Waals surface area contributed by atoms with Crippen LogP contribution in [0.3, 0.4) is 0 Å². The van der Waals surface area contributed by atoms with Crippen molar-refractivity contribution < 1.29 is 73.2 Å². The Morgan fingerprint density at radius 1 is 0.384 bits per heavy atom. The lowest BCUT2D eigenvalue weighted by Gasteiger charge is -2.13. The number of alkyl halides is 9. The standard InChI is InChI=1S/C20H22N4O2S.C19H19F3N4O2S.2C17H16F3N5O2S/c1-3-27(25,26)16-7-8-18(17(10-16)19-12-24(2)13-22-19)23-20-9-6-15(11-21-20)14-4-5-14;1-3-29(27,28)14-5-6-16(15(8-14)17-11-26(2)12-25-17)23-9-13-4-7-18(24-10-13)19(20,21)22;1-3-28(26,27)12-4-5-14(13(6-12)15-9-25(2)10-23-15)24-16-21-7-11(8-22-16)17(18,19)20;1-3-28(26,27)11-4-5-13(12(8-11)14-9-25(2)10-21-14)22-16-7-6-15(23-24-16)17(18,19)20/h6-14H,3-5H2,1-2H3,(H,21,23);4-8,10-12,23H,3,9H2,1-2H3;4-10H,3H2,1-2H3,(H,21,22,24);4-10H,3H2,1-2H3,(H,22,24). The second-order valence-electron chi connectivity index (χ2n) is 25.3. The molecule has 0 radical (unpaired) electrons. The largest absolute Gasteiger partial charge is 0.435 e. The lowest BCUT2D eigenvalue weighted by atomic mass is 10.1. The second kappa shape index (κ2) is 34.0. The summed E-state index contributed by atoms with van der Waals surface area (Å²) in [5.74, 6) is 1.31. The van der Waals surface area contributed by atoms with Gasteiger partial charge in [0.15, 0.2) is 50.9 Å². The van der Waals surface area contributed by atoms with E-state index in [4.69, 9.17) is 0 Å². The molecule has 12 aromatic rings. The van der Waals surface area contributed by atoms with Gasteiger partial charge in [0.25, 0.3) is 0 Å². The van der Waals surface area contributed by atoms with Crippen LogP contribution in [-0.2, 0) is 92.6 Å². The number of sulfone groups is 4. The van der Waals surface area contributed by atoms with E-state index >= 15 is 0 Å². The Labute approximate surface area is 638 Å². The molecule has 1 saturated carbocycles. The van der Waals surface area contributed by atoms with Crippen molar-refractivity contribution in [3.63, 3.8) is 0 Å². The summed E-state index contributed by atoms with van der Waals surface area (Å²) in [6.07, 6.45) is 6.70. The maximum atomic E-state index is 12.7. The van der Waals surface area contributed by atoms with Crippen LogP contribution in [0.4, 0.5) is 79.8 Å². The highest BCUT2D eigenvalue weighted by Gasteiger charge is 2.35. The Morgan fingerprint density at radius 3 is 1.08 bits per heavy atom. The number of nitrogens with one attached hydrogen (secondary N) is 4. The molecule has 4 N–H and O–H groups in total. The van der Waals surface area contributed by atoms with Crippen molar-refractivity contribution in [2.24, 2.45) is 28.2 Å².